The first-order valence-electron chi connectivity index (χ1n) is 6.46. The number of hydrogen-bond acceptors (Lipinski definition) is 3. The molecule has 0 aliphatic carbocycles. The standard InChI is InChI=1S/C15H23NO3/c1-10(2)12-6-7-13(14(8-12)19-5)9-16(4)11(3)15(17)18/h6-8,10-11H,9H2,1-5H3,(H,17,18). The zero-order chi connectivity index (χ0) is 14.6. The Labute approximate surface area is 115 Å². The van der Waals surface area contributed by atoms with Gasteiger partial charge in [-0.1, -0.05) is 26.0 Å². The van der Waals surface area contributed by atoms with Gasteiger partial charge in [-0.25, -0.2) is 0 Å². The van der Waals surface area contributed by atoms with Crippen molar-refractivity contribution in [2.45, 2.75) is 39.3 Å². The van der Waals surface area contributed by atoms with Crippen molar-refractivity contribution < 1.29 is 14.6 Å². The summed E-state index contributed by atoms with van der Waals surface area (Å²) in [5.41, 5.74) is 2.22. The van der Waals surface area contributed by atoms with Crippen LogP contribution in [0.4, 0.5) is 0 Å². The van der Waals surface area contributed by atoms with Gasteiger partial charge in [-0.2, -0.15) is 0 Å². The van der Waals surface area contributed by atoms with Crippen LogP contribution in [0.1, 0.15) is 37.8 Å². The Balaban J connectivity index is 2.92. The van der Waals surface area contributed by atoms with Crippen molar-refractivity contribution >= 4 is 5.97 Å². The molecule has 1 unspecified atom stereocenters. The van der Waals surface area contributed by atoms with E-state index in [9.17, 15) is 4.79 Å². The monoisotopic (exact) mass is 265 g/mol. The lowest BCUT2D eigenvalue weighted by Crippen LogP contribution is -2.35. The summed E-state index contributed by atoms with van der Waals surface area (Å²) in [6, 6.07) is 5.59. The summed E-state index contributed by atoms with van der Waals surface area (Å²) in [5, 5.41) is 9.00. The molecule has 19 heavy (non-hydrogen) atoms. The highest BCUT2D eigenvalue weighted by Gasteiger charge is 2.18. The van der Waals surface area contributed by atoms with Crippen LogP contribution >= 0.6 is 0 Å². The molecule has 0 saturated carbocycles. The Bertz CT molecular complexity index is 443. The van der Waals surface area contributed by atoms with Crippen LogP contribution in [0.2, 0.25) is 0 Å². The third kappa shape index (κ3) is 3.96. The number of likely N-dealkylation sites (N-methyl/N-ethyl adjacent to an activating group) is 1. The fourth-order valence-electron chi connectivity index (χ4n) is 1.85. The van der Waals surface area contributed by atoms with E-state index in [2.05, 4.69) is 19.9 Å². The third-order valence-corrected chi connectivity index (χ3v) is 3.42. The molecule has 0 bridgehead atoms. The molecule has 0 saturated heterocycles. The minimum absolute atomic E-state index is 0.443. The lowest BCUT2D eigenvalue weighted by molar-refractivity contribution is -0.142. The second-order valence-electron chi connectivity index (χ2n) is 5.16. The Morgan fingerprint density at radius 1 is 1.37 bits per heavy atom. The summed E-state index contributed by atoms with van der Waals surface area (Å²) in [7, 11) is 3.44. The van der Waals surface area contributed by atoms with Crippen molar-refractivity contribution in [2.24, 2.45) is 0 Å². The molecule has 1 atom stereocenters. The van der Waals surface area contributed by atoms with Gasteiger partial charge < -0.3 is 9.84 Å². The maximum Gasteiger partial charge on any atom is 0.320 e. The average Bonchev–Trinajstić information content (AvgIpc) is 2.37. The molecule has 1 N–H and O–H groups in total. The Kier molecular flexibility index (Phi) is 5.36. The zero-order valence-electron chi connectivity index (χ0n) is 12.3. The Morgan fingerprint density at radius 2 is 2.00 bits per heavy atom. The Morgan fingerprint density at radius 3 is 2.47 bits per heavy atom. The van der Waals surface area contributed by atoms with Gasteiger partial charge in [-0.3, -0.25) is 9.69 Å². The summed E-state index contributed by atoms with van der Waals surface area (Å²) in [6.45, 7) is 6.49. The summed E-state index contributed by atoms with van der Waals surface area (Å²) < 4.78 is 5.40. The molecule has 0 radical (unpaired) electrons. The van der Waals surface area contributed by atoms with Gasteiger partial charge in [0.2, 0.25) is 0 Å². The molecule has 4 heteroatoms. The molecule has 0 spiro atoms. The van der Waals surface area contributed by atoms with Crippen LogP contribution in [0, 0.1) is 0 Å². The first-order valence-corrected chi connectivity index (χ1v) is 6.46. The lowest BCUT2D eigenvalue weighted by atomic mass is 10.0. The molecule has 4 nitrogen and oxygen atoms in total. The molecule has 0 heterocycles. The zero-order valence-corrected chi connectivity index (χ0v) is 12.3. The van der Waals surface area contributed by atoms with Gasteiger partial charge in [0.25, 0.3) is 0 Å². The van der Waals surface area contributed by atoms with Crippen molar-refractivity contribution in [2.75, 3.05) is 14.2 Å². The van der Waals surface area contributed by atoms with E-state index in [0.717, 1.165) is 11.3 Å². The highest BCUT2D eigenvalue weighted by atomic mass is 16.5. The van der Waals surface area contributed by atoms with E-state index in [1.165, 1.54) is 5.56 Å². The van der Waals surface area contributed by atoms with Crippen LogP contribution in [-0.4, -0.2) is 36.2 Å². The van der Waals surface area contributed by atoms with E-state index in [-0.39, 0.29) is 0 Å². The number of carboxylic acids is 1. The largest absolute Gasteiger partial charge is 0.496 e. The maximum atomic E-state index is 11.0. The van der Waals surface area contributed by atoms with E-state index in [4.69, 9.17) is 9.84 Å². The van der Waals surface area contributed by atoms with Crippen molar-refractivity contribution in [3.63, 3.8) is 0 Å². The molecule has 1 rings (SSSR count). The van der Waals surface area contributed by atoms with E-state index in [1.807, 2.05) is 12.1 Å². The minimum Gasteiger partial charge on any atom is -0.496 e. The molecular weight excluding hydrogens is 242 g/mol. The number of benzene rings is 1. The molecule has 0 amide bonds. The fraction of sp³-hybridized carbons (Fsp3) is 0.533. The number of nitrogens with zero attached hydrogens (tertiary/aromatic N) is 1. The summed E-state index contributed by atoms with van der Waals surface area (Å²) in [5.74, 6) is 0.439. The van der Waals surface area contributed by atoms with Crippen LogP contribution < -0.4 is 4.74 Å². The van der Waals surface area contributed by atoms with Crippen molar-refractivity contribution in [3.05, 3.63) is 29.3 Å². The first kappa shape index (κ1) is 15.5. The van der Waals surface area contributed by atoms with Gasteiger partial charge in [0.05, 0.1) is 7.11 Å². The van der Waals surface area contributed by atoms with Crippen LogP contribution in [0.15, 0.2) is 18.2 Å². The molecule has 106 valence electrons. The number of carbonyl (C=O) groups is 1. The van der Waals surface area contributed by atoms with Crippen LogP contribution in [0.25, 0.3) is 0 Å². The molecule has 0 aliphatic rings. The summed E-state index contributed by atoms with van der Waals surface area (Å²) in [4.78, 5) is 12.7. The van der Waals surface area contributed by atoms with E-state index in [1.54, 1.807) is 26.0 Å². The van der Waals surface area contributed by atoms with Crippen LogP contribution in [-0.2, 0) is 11.3 Å². The van der Waals surface area contributed by atoms with Gasteiger partial charge in [0.1, 0.15) is 11.8 Å². The van der Waals surface area contributed by atoms with E-state index < -0.39 is 12.0 Å². The average molecular weight is 265 g/mol. The molecule has 0 aromatic heterocycles. The maximum absolute atomic E-state index is 11.0. The minimum atomic E-state index is -0.819. The summed E-state index contributed by atoms with van der Waals surface area (Å²) in [6.07, 6.45) is 0. The second-order valence-corrected chi connectivity index (χ2v) is 5.16. The quantitative estimate of drug-likeness (QED) is 0.859. The second kappa shape index (κ2) is 6.57. The van der Waals surface area contributed by atoms with E-state index in [0.29, 0.717) is 12.5 Å². The topological polar surface area (TPSA) is 49.8 Å². The number of ether oxygens (including phenoxy) is 1. The van der Waals surface area contributed by atoms with Gasteiger partial charge in [-0.05, 0) is 31.5 Å². The SMILES string of the molecule is COc1cc(C(C)C)ccc1CN(C)C(C)C(=O)O. The van der Waals surface area contributed by atoms with Gasteiger partial charge in [-0.15, -0.1) is 0 Å². The molecular formula is C15H23NO3. The predicted octanol–water partition coefficient (Wildman–Crippen LogP) is 2.72. The van der Waals surface area contributed by atoms with Crippen molar-refractivity contribution in [1.82, 2.24) is 4.90 Å². The van der Waals surface area contributed by atoms with Gasteiger partial charge >= 0.3 is 5.97 Å². The first-order chi connectivity index (χ1) is 8.86. The van der Waals surface area contributed by atoms with Crippen molar-refractivity contribution in [3.8, 4) is 5.75 Å². The molecule has 1 aromatic carbocycles. The number of hydrogen-bond donors (Lipinski definition) is 1. The third-order valence-electron chi connectivity index (χ3n) is 3.42. The highest BCUT2D eigenvalue weighted by Crippen LogP contribution is 2.25. The molecule has 0 aliphatic heterocycles. The number of aliphatic carboxylic acids is 1. The normalized spacial score (nSPS) is 12.8. The van der Waals surface area contributed by atoms with Gasteiger partial charge in [0.15, 0.2) is 0 Å². The lowest BCUT2D eigenvalue weighted by Gasteiger charge is -2.22. The fourth-order valence-corrected chi connectivity index (χ4v) is 1.85. The highest BCUT2D eigenvalue weighted by molar-refractivity contribution is 5.72. The molecule has 0 fully saturated rings. The van der Waals surface area contributed by atoms with E-state index >= 15 is 0 Å². The summed E-state index contributed by atoms with van der Waals surface area (Å²) >= 11 is 0. The smallest absolute Gasteiger partial charge is 0.320 e. The number of methoxy groups -OCH3 is 1. The van der Waals surface area contributed by atoms with Crippen molar-refractivity contribution in [1.29, 1.82) is 0 Å². The van der Waals surface area contributed by atoms with Crippen LogP contribution in [0.3, 0.4) is 0 Å². The number of rotatable bonds is 6. The Hall–Kier alpha value is -1.55. The number of carboxylic acid groups (broad SMARTS) is 1. The predicted molar refractivity (Wildman–Crippen MR) is 75.6 cm³/mol. The van der Waals surface area contributed by atoms with Gasteiger partial charge in [0, 0.05) is 12.1 Å². The molecule has 1 aromatic rings. The van der Waals surface area contributed by atoms with Crippen LogP contribution in [0.5, 0.6) is 5.75 Å².